The first-order chi connectivity index (χ1) is 14.3. The summed E-state index contributed by atoms with van der Waals surface area (Å²) in [7, 11) is -3.52. The van der Waals surface area contributed by atoms with Crippen molar-refractivity contribution in [3.8, 4) is 0 Å². The van der Waals surface area contributed by atoms with Gasteiger partial charge in [0.1, 0.15) is 18.1 Å². The Kier molecular flexibility index (Phi) is 5.66. The van der Waals surface area contributed by atoms with E-state index in [-0.39, 0.29) is 36.2 Å². The molecule has 0 spiro atoms. The predicted octanol–water partition coefficient (Wildman–Crippen LogP) is 1.97. The van der Waals surface area contributed by atoms with Crippen LogP contribution in [0.2, 0.25) is 0 Å². The lowest BCUT2D eigenvalue weighted by molar-refractivity contribution is -0.124. The lowest BCUT2D eigenvalue weighted by Crippen LogP contribution is -2.43. The van der Waals surface area contributed by atoms with Gasteiger partial charge >= 0.3 is 0 Å². The highest BCUT2D eigenvalue weighted by Crippen LogP contribution is 2.31. The molecule has 2 amide bonds. The molecule has 1 aromatic carbocycles. The molecular weight excluding hydrogens is 406 g/mol. The molecule has 1 N–H and O–H groups in total. The molecule has 0 radical (unpaired) electrons. The van der Waals surface area contributed by atoms with Gasteiger partial charge in [0, 0.05) is 25.2 Å². The molecule has 4 rings (SSSR count). The average molecular weight is 432 g/mol. The van der Waals surface area contributed by atoms with E-state index in [9.17, 15) is 18.0 Å². The van der Waals surface area contributed by atoms with Crippen LogP contribution in [0.3, 0.4) is 0 Å². The van der Waals surface area contributed by atoms with Crippen LogP contribution in [0, 0.1) is 6.92 Å². The van der Waals surface area contributed by atoms with Crippen LogP contribution in [-0.4, -0.2) is 44.2 Å². The summed E-state index contributed by atoms with van der Waals surface area (Å²) < 4.78 is 32.6. The summed E-state index contributed by atoms with van der Waals surface area (Å²) in [5, 5.41) is 2.75. The van der Waals surface area contributed by atoms with Crippen LogP contribution >= 0.6 is 0 Å². The maximum Gasteiger partial charge on any atom is 0.243 e. The summed E-state index contributed by atoms with van der Waals surface area (Å²) in [6.45, 7) is 3.03. The van der Waals surface area contributed by atoms with E-state index < -0.39 is 10.0 Å². The van der Waals surface area contributed by atoms with E-state index in [0.29, 0.717) is 31.0 Å². The van der Waals surface area contributed by atoms with Crippen molar-refractivity contribution in [3.05, 3.63) is 47.4 Å². The second-order valence-electron chi connectivity index (χ2n) is 7.67. The molecule has 9 heteroatoms. The van der Waals surface area contributed by atoms with Gasteiger partial charge in [-0.3, -0.25) is 9.59 Å². The van der Waals surface area contributed by atoms with Gasteiger partial charge in [-0.1, -0.05) is 0 Å². The number of benzene rings is 1. The number of nitrogens with zero attached hydrogens (tertiary/aromatic N) is 2. The number of aryl methyl sites for hydroxylation is 2. The number of carbonyl (C=O) groups is 2. The average Bonchev–Trinajstić information content (AvgIpc) is 3.40. The minimum Gasteiger partial charge on any atom is -0.465 e. The topological polar surface area (TPSA) is 99.9 Å². The maximum atomic E-state index is 12.8. The van der Waals surface area contributed by atoms with Gasteiger partial charge in [-0.15, -0.1) is 0 Å². The molecule has 8 nitrogen and oxygen atoms in total. The summed E-state index contributed by atoms with van der Waals surface area (Å²) in [6.07, 6.45) is 2.45. The van der Waals surface area contributed by atoms with Gasteiger partial charge in [0.15, 0.2) is 0 Å². The highest BCUT2D eigenvalue weighted by molar-refractivity contribution is 7.89. The number of nitrogens with one attached hydrogen (secondary N) is 1. The molecular formula is C21H25N3O5S. The van der Waals surface area contributed by atoms with Gasteiger partial charge < -0.3 is 14.6 Å². The zero-order valence-electron chi connectivity index (χ0n) is 16.9. The molecule has 2 aliphatic rings. The van der Waals surface area contributed by atoms with E-state index >= 15 is 0 Å². The van der Waals surface area contributed by atoms with E-state index in [1.54, 1.807) is 18.2 Å². The summed E-state index contributed by atoms with van der Waals surface area (Å²) >= 11 is 0. The number of furan rings is 1. The van der Waals surface area contributed by atoms with Crippen LogP contribution in [0.15, 0.2) is 39.6 Å². The van der Waals surface area contributed by atoms with Crippen molar-refractivity contribution in [2.75, 3.05) is 24.5 Å². The Labute approximate surface area is 175 Å². The number of fused-ring (bicyclic) bond motifs is 1. The Morgan fingerprint density at radius 3 is 2.60 bits per heavy atom. The number of rotatable bonds is 6. The van der Waals surface area contributed by atoms with Crippen LogP contribution in [0.4, 0.5) is 5.69 Å². The molecule has 2 aliphatic heterocycles. The standard InChI is InChI=1S/C21H25N3O5S/c1-15-4-6-17(29-15)13-22-20(25)14-24-19-8-7-18(12-16(19)5-9-21(24)26)30(27,28)23-10-2-3-11-23/h4,6-8,12H,2-3,5,9-11,13-14H2,1H3,(H,22,25). The summed E-state index contributed by atoms with van der Waals surface area (Å²) in [4.78, 5) is 26.5. The van der Waals surface area contributed by atoms with Gasteiger partial charge in [-0.2, -0.15) is 4.31 Å². The lowest BCUT2D eigenvalue weighted by atomic mass is 10.0. The third kappa shape index (κ3) is 4.13. The van der Waals surface area contributed by atoms with E-state index in [4.69, 9.17) is 4.42 Å². The SMILES string of the molecule is Cc1ccc(CNC(=O)CN2C(=O)CCc3cc(S(=O)(=O)N4CCCC4)ccc32)o1. The molecule has 0 unspecified atom stereocenters. The monoisotopic (exact) mass is 431 g/mol. The van der Waals surface area contributed by atoms with Gasteiger partial charge in [0.2, 0.25) is 21.8 Å². The predicted molar refractivity (Wildman–Crippen MR) is 110 cm³/mol. The van der Waals surface area contributed by atoms with Crippen molar-refractivity contribution < 1.29 is 22.4 Å². The molecule has 1 aromatic heterocycles. The van der Waals surface area contributed by atoms with E-state index in [0.717, 1.165) is 24.2 Å². The van der Waals surface area contributed by atoms with Crippen LogP contribution in [0.5, 0.6) is 0 Å². The molecule has 0 atom stereocenters. The first-order valence-electron chi connectivity index (χ1n) is 10.1. The van der Waals surface area contributed by atoms with Crippen LogP contribution < -0.4 is 10.2 Å². The van der Waals surface area contributed by atoms with Crippen LogP contribution in [-0.2, 0) is 32.6 Å². The Morgan fingerprint density at radius 1 is 1.13 bits per heavy atom. The number of hydrogen-bond acceptors (Lipinski definition) is 5. The zero-order chi connectivity index (χ0) is 21.3. The second-order valence-corrected chi connectivity index (χ2v) is 9.61. The molecule has 0 aliphatic carbocycles. The fourth-order valence-corrected chi connectivity index (χ4v) is 5.48. The van der Waals surface area contributed by atoms with Crippen LogP contribution in [0.1, 0.15) is 36.3 Å². The molecule has 3 heterocycles. The number of hydrogen-bond donors (Lipinski definition) is 1. The van der Waals surface area contributed by atoms with Gasteiger partial charge in [-0.05, 0) is 62.1 Å². The molecule has 2 aromatic rings. The molecule has 0 saturated carbocycles. The third-order valence-corrected chi connectivity index (χ3v) is 7.41. The van der Waals surface area contributed by atoms with E-state index in [1.165, 1.54) is 15.3 Å². The fourth-order valence-electron chi connectivity index (χ4n) is 3.91. The lowest BCUT2D eigenvalue weighted by Gasteiger charge is -2.29. The van der Waals surface area contributed by atoms with Crippen molar-refractivity contribution in [1.29, 1.82) is 0 Å². The first kappa shape index (κ1) is 20.6. The van der Waals surface area contributed by atoms with Crippen molar-refractivity contribution >= 4 is 27.5 Å². The summed E-state index contributed by atoms with van der Waals surface area (Å²) in [5.74, 6) is 0.947. The smallest absolute Gasteiger partial charge is 0.243 e. The number of anilines is 1. The van der Waals surface area contributed by atoms with Crippen molar-refractivity contribution in [2.24, 2.45) is 0 Å². The quantitative estimate of drug-likeness (QED) is 0.754. The number of sulfonamides is 1. The van der Waals surface area contributed by atoms with Crippen molar-refractivity contribution in [2.45, 2.75) is 44.0 Å². The minimum absolute atomic E-state index is 0.121. The highest BCUT2D eigenvalue weighted by Gasteiger charge is 2.31. The molecule has 160 valence electrons. The van der Waals surface area contributed by atoms with Crippen molar-refractivity contribution in [1.82, 2.24) is 9.62 Å². The first-order valence-corrected chi connectivity index (χ1v) is 11.5. The normalized spacial score (nSPS) is 17.2. The molecule has 0 bridgehead atoms. The van der Waals surface area contributed by atoms with Gasteiger partial charge in [-0.25, -0.2) is 8.42 Å². The second kappa shape index (κ2) is 8.23. The third-order valence-electron chi connectivity index (χ3n) is 5.51. The summed E-state index contributed by atoms with van der Waals surface area (Å²) in [5.41, 5.74) is 1.36. The van der Waals surface area contributed by atoms with E-state index in [2.05, 4.69) is 5.32 Å². The zero-order valence-corrected chi connectivity index (χ0v) is 17.7. The molecule has 30 heavy (non-hydrogen) atoms. The maximum absolute atomic E-state index is 12.8. The van der Waals surface area contributed by atoms with Crippen molar-refractivity contribution in [3.63, 3.8) is 0 Å². The Bertz CT molecular complexity index is 1070. The number of carbonyl (C=O) groups excluding carboxylic acids is 2. The van der Waals surface area contributed by atoms with Gasteiger partial charge in [0.25, 0.3) is 0 Å². The van der Waals surface area contributed by atoms with Crippen LogP contribution in [0.25, 0.3) is 0 Å². The number of amides is 2. The van der Waals surface area contributed by atoms with Gasteiger partial charge in [0.05, 0.1) is 11.4 Å². The molecule has 1 fully saturated rings. The summed E-state index contributed by atoms with van der Waals surface area (Å²) in [6, 6.07) is 8.42. The van der Waals surface area contributed by atoms with E-state index in [1.807, 2.05) is 13.0 Å². The fraction of sp³-hybridized carbons (Fsp3) is 0.429. The largest absolute Gasteiger partial charge is 0.465 e. The Hall–Kier alpha value is -2.65. The minimum atomic E-state index is -3.52. The Balaban J connectivity index is 1.49. The molecule has 1 saturated heterocycles. The highest BCUT2D eigenvalue weighted by atomic mass is 32.2. The Morgan fingerprint density at radius 2 is 1.90 bits per heavy atom.